The molecule has 2 aliphatic heterocycles. The highest BCUT2D eigenvalue weighted by atomic mass is 35.5. The van der Waals surface area contributed by atoms with Crippen LogP contribution >= 0.6 is 11.6 Å². The Labute approximate surface area is 130 Å². The Morgan fingerprint density at radius 1 is 1.19 bits per heavy atom. The lowest BCUT2D eigenvalue weighted by atomic mass is 9.76. The summed E-state index contributed by atoms with van der Waals surface area (Å²) in [6.07, 6.45) is 4.04. The van der Waals surface area contributed by atoms with Crippen molar-refractivity contribution >= 4 is 11.6 Å². The number of nitrogens with two attached hydrogens (primary N) is 1. The lowest BCUT2D eigenvalue weighted by Gasteiger charge is -2.45. The van der Waals surface area contributed by atoms with E-state index in [0.717, 1.165) is 50.5 Å². The Bertz CT molecular complexity index is 454. The largest absolute Gasteiger partial charge is 0.381 e. The van der Waals surface area contributed by atoms with Crippen LogP contribution in [0.2, 0.25) is 5.02 Å². The van der Waals surface area contributed by atoms with E-state index >= 15 is 0 Å². The Morgan fingerprint density at radius 2 is 1.90 bits per heavy atom. The van der Waals surface area contributed by atoms with Gasteiger partial charge in [0.25, 0.3) is 0 Å². The molecule has 0 radical (unpaired) electrons. The normalized spacial score (nSPS) is 26.7. The Morgan fingerprint density at radius 3 is 2.57 bits per heavy atom. The molecule has 3 rings (SSSR count). The molecule has 4 nitrogen and oxygen atoms in total. The van der Waals surface area contributed by atoms with Crippen molar-refractivity contribution < 1.29 is 9.47 Å². The average molecular weight is 311 g/mol. The summed E-state index contributed by atoms with van der Waals surface area (Å²) in [5.41, 5.74) is 4.18. The van der Waals surface area contributed by atoms with Crippen molar-refractivity contribution in [3.05, 3.63) is 34.9 Å². The van der Waals surface area contributed by atoms with Gasteiger partial charge in [-0.05, 0) is 49.3 Å². The summed E-state index contributed by atoms with van der Waals surface area (Å²) in [5.74, 6) is 6.32. The number of hydrazine groups is 1. The average Bonchev–Trinajstić information content (AvgIpc) is 2.51. The summed E-state index contributed by atoms with van der Waals surface area (Å²) in [4.78, 5) is 0. The van der Waals surface area contributed by atoms with Crippen molar-refractivity contribution in [1.29, 1.82) is 0 Å². The Hall–Kier alpha value is -0.650. The minimum Gasteiger partial charge on any atom is -0.381 e. The maximum atomic E-state index is 6.12. The van der Waals surface area contributed by atoms with Gasteiger partial charge >= 0.3 is 0 Å². The van der Waals surface area contributed by atoms with Gasteiger partial charge in [-0.15, -0.1) is 0 Å². The van der Waals surface area contributed by atoms with Gasteiger partial charge in [-0.3, -0.25) is 11.3 Å². The van der Waals surface area contributed by atoms with Crippen LogP contribution in [0.25, 0.3) is 0 Å². The van der Waals surface area contributed by atoms with Gasteiger partial charge in [-0.25, -0.2) is 0 Å². The van der Waals surface area contributed by atoms with E-state index in [0.29, 0.717) is 5.92 Å². The van der Waals surface area contributed by atoms with Crippen molar-refractivity contribution in [1.82, 2.24) is 5.43 Å². The van der Waals surface area contributed by atoms with Gasteiger partial charge in [0.2, 0.25) is 0 Å². The molecule has 116 valence electrons. The highest BCUT2D eigenvalue weighted by molar-refractivity contribution is 6.30. The van der Waals surface area contributed by atoms with E-state index in [1.54, 1.807) is 0 Å². The van der Waals surface area contributed by atoms with Crippen LogP contribution in [0.1, 0.15) is 37.3 Å². The molecule has 2 aliphatic rings. The van der Waals surface area contributed by atoms with Gasteiger partial charge in [0, 0.05) is 30.9 Å². The van der Waals surface area contributed by atoms with Gasteiger partial charge in [0.05, 0.1) is 5.60 Å². The highest BCUT2D eigenvalue weighted by Crippen LogP contribution is 2.41. The summed E-state index contributed by atoms with van der Waals surface area (Å²) < 4.78 is 11.6. The third-order valence-electron chi connectivity index (χ3n) is 4.82. The van der Waals surface area contributed by atoms with E-state index in [-0.39, 0.29) is 11.6 Å². The van der Waals surface area contributed by atoms with Crippen LogP contribution in [-0.2, 0) is 9.47 Å². The molecule has 2 atom stereocenters. The van der Waals surface area contributed by atoms with Crippen LogP contribution in [0.4, 0.5) is 0 Å². The summed E-state index contributed by atoms with van der Waals surface area (Å²) in [5, 5.41) is 0.752. The van der Waals surface area contributed by atoms with Crippen LogP contribution in [0.5, 0.6) is 0 Å². The lowest BCUT2D eigenvalue weighted by molar-refractivity contribution is -0.150. The van der Waals surface area contributed by atoms with Gasteiger partial charge in [0.15, 0.2) is 0 Å². The van der Waals surface area contributed by atoms with E-state index in [9.17, 15) is 0 Å². The molecule has 21 heavy (non-hydrogen) atoms. The van der Waals surface area contributed by atoms with E-state index in [1.807, 2.05) is 12.1 Å². The molecule has 3 N–H and O–H groups in total. The van der Waals surface area contributed by atoms with E-state index in [2.05, 4.69) is 17.6 Å². The maximum Gasteiger partial charge on any atom is 0.0729 e. The van der Waals surface area contributed by atoms with Gasteiger partial charge in [-0.1, -0.05) is 23.7 Å². The summed E-state index contributed by atoms with van der Waals surface area (Å²) in [6.45, 7) is 2.40. The molecule has 2 unspecified atom stereocenters. The predicted octanol–water partition coefficient (Wildman–Crippen LogP) is 2.82. The molecule has 1 aromatic rings. The van der Waals surface area contributed by atoms with E-state index in [4.69, 9.17) is 26.9 Å². The zero-order valence-corrected chi connectivity index (χ0v) is 12.9. The molecular weight excluding hydrogens is 288 g/mol. The third kappa shape index (κ3) is 3.41. The Kier molecular flexibility index (Phi) is 4.82. The number of benzene rings is 1. The zero-order valence-electron chi connectivity index (χ0n) is 12.2. The first-order chi connectivity index (χ1) is 10.2. The van der Waals surface area contributed by atoms with Crippen LogP contribution in [0.3, 0.4) is 0 Å². The van der Waals surface area contributed by atoms with E-state index < -0.39 is 0 Å². The second kappa shape index (κ2) is 6.63. The van der Waals surface area contributed by atoms with Crippen LogP contribution in [0.15, 0.2) is 24.3 Å². The number of hydrogen-bond donors (Lipinski definition) is 2. The molecule has 2 saturated heterocycles. The lowest BCUT2D eigenvalue weighted by Crippen LogP contribution is -2.47. The number of rotatable bonds is 3. The molecule has 0 bridgehead atoms. The molecule has 1 aromatic carbocycles. The van der Waals surface area contributed by atoms with Crippen molar-refractivity contribution in [2.45, 2.75) is 37.3 Å². The molecule has 2 heterocycles. The first kappa shape index (κ1) is 15.3. The molecule has 1 spiro atoms. The van der Waals surface area contributed by atoms with Crippen molar-refractivity contribution in [3.63, 3.8) is 0 Å². The van der Waals surface area contributed by atoms with Gasteiger partial charge < -0.3 is 9.47 Å². The maximum absolute atomic E-state index is 6.12. The van der Waals surface area contributed by atoms with Gasteiger partial charge in [-0.2, -0.15) is 0 Å². The minimum atomic E-state index is -0.0112. The van der Waals surface area contributed by atoms with Crippen LogP contribution in [0, 0.1) is 5.92 Å². The number of hydrogen-bond acceptors (Lipinski definition) is 4. The SMILES string of the molecule is NNC(c1ccc(Cl)cc1)C1CCOC2(CCOCC2)C1. The first-order valence-electron chi connectivity index (χ1n) is 7.66. The minimum absolute atomic E-state index is 0.0112. The molecule has 0 amide bonds. The smallest absolute Gasteiger partial charge is 0.0729 e. The van der Waals surface area contributed by atoms with Crippen molar-refractivity contribution in [3.8, 4) is 0 Å². The summed E-state index contributed by atoms with van der Waals surface area (Å²) in [7, 11) is 0. The fourth-order valence-corrected chi connectivity index (χ4v) is 3.74. The van der Waals surface area contributed by atoms with Crippen molar-refractivity contribution in [2.24, 2.45) is 11.8 Å². The summed E-state index contributed by atoms with van der Waals surface area (Å²) >= 11 is 5.98. The predicted molar refractivity (Wildman–Crippen MR) is 83.0 cm³/mol. The zero-order chi connectivity index (χ0) is 14.7. The molecule has 5 heteroatoms. The standard InChI is InChI=1S/C16H23ClN2O2/c17-14-3-1-12(2-4-14)15(19-18)13-5-8-21-16(11-13)6-9-20-10-7-16/h1-4,13,15,19H,5-11,18H2. The quantitative estimate of drug-likeness (QED) is 0.666. The molecular formula is C16H23ClN2O2. The number of halogens is 1. The monoisotopic (exact) mass is 310 g/mol. The third-order valence-corrected chi connectivity index (χ3v) is 5.07. The fraction of sp³-hybridized carbons (Fsp3) is 0.625. The van der Waals surface area contributed by atoms with Crippen LogP contribution < -0.4 is 11.3 Å². The van der Waals surface area contributed by atoms with Crippen LogP contribution in [-0.4, -0.2) is 25.4 Å². The molecule has 0 saturated carbocycles. The van der Waals surface area contributed by atoms with E-state index in [1.165, 1.54) is 5.56 Å². The van der Waals surface area contributed by atoms with Crippen molar-refractivity contribution in [2.75, 3.05) is 19.8 Å². The molecule has 0 aromatic heterocycles. The second-order valence-corrected chi connectivity index (χ2v) is 6.53. The molecule has 2 fully saturated rings. The highest BCUT2D eigenvalue weighted by Gasteiger charge is 2.41. The van der Waals surface area contributed by atoms with Gasteiger partial charge in [0.1, 0.15) is 0 Å². The number of nitrogens with one attached hydrogen (secondary N) is 1. The first-order valence-corrected chi connectivity index (χ1v) is 8.03. The summed E-state index contributed by atoms with van der Waals surface area (Å²) in [6, 6.07) is 8.10. The Balaban J connectivity index is 1.75. The fourth-order valence-electron chi connectivity index (χ4n) is 3.62. The number of ether oxygens (including phenoxy) is 2. The molecule has 0 aliphatic carbocycles. The second-order valence-electron chi connectivity index (χ2n) is 6.09. The topological polar surface area (TPSA) is 56.5 Å².